The highest BCUT2D eigenvalue weighted by atomic mass is 31.2. The van der Waals surface area contributed by atoms with Crippen molar-refractivity contribution in [3.05, 3.63) is 53.6 Å². The molecule has 6 nitrogen and oxygen atoms in total. The maximum Gasteiger partial charge on any atom is 0.477 e. The van der Waals surface area contributed by atoms with Crippen molar-refractivity contribution < 1.29 is 27.6 Å². The molecule has 0 N–H and O–H groups in total. The summed E-state index contributed by atoms with van der Waals surface area (Å²) in [5, 5.41) is 0. The number of hydrogen-bond donors (Lipinski definition) is 0. The Bertz CT molecular complexity index is 1030. The first-order valence-corrected chi connectivity index (χ1v) is 12.3. The molecular formula is C25H33O6P. The second-order valence-electron chi connectivity index (χ2n) is 8.40. The van der Waals surface area contributed by atoms with Crippen molar-refractivity contribution in [3.8, 4) is 22.6 Å². The molecule has 1 aliphatic rings. The van der Waals surface area contributed by atoms with E-state index in [1.54, 1.807) is 13.8 Å². The number of hydrogen-bond acceptors (Lipinski definition) is 6. The van der Waals surface area contributed by atoms with Gasteiger partial charge in [0, 0.05) is 39.2 Å². The van der Waals surface area contributed by atoms with Crippen LogP contribution in [0, 0.1) is 6.92 Å². The maximum atomic E-state index is 12.6. The van der Waals surface area contributed by atoms with Gasteiger partial charge in [0.1, 0.15) is 17.3 Å². The molecule has 3 rings (SSSR count). The van der Waals surface area contributed by atoms with Gasteiger partial charge in [-0.2, -0.15) is 0 Å². The number of unbranched alkanes of at least 4 members (excludes halogenated alkanes) is 2. The molecule has 0 radical (unpaired) electrons. The second kappa shape index (κ2) is 9.80. The van der Waals surface area contributed by atoms with E-state index in [9.17, 15) is 4.57 Å². The van der Waals surface area contributed by atoms with Crippen molar-refractivity contribution >= 4 is 13.6 Å². The Labute approximate surface area is 191 Å². The van der Waals surface area contributed by atoms with Crippen LogP contribution in [0.15, 0.2) is 36.9 Å². The molecule has 0 spiro atoms. The molecule has 7 heteroatoms. The first kappa shape index (κ1) is 24.5. The van der Waals surface area contributed by atoms with E-state index in [0.29, 0.717) is 17.3 Å². The van der Waals surface area contributed by atoms with Crippen molar-refractivity contribution in [1.82, 2.24) is 0 Å². The molecule has 0 fully saturated rings. The van der Waals surface area contributed by atoms with Crippen LogP contribution in [0.25, 0.3) is 16.9 Å². The average Bonchev–Trinajstić information content (AvgIpc) is 2.72. The van der Waals surface area contributed by atoms with Gasteiger partial charge in [-0.05, 0) is 37.5 Å². The van der Waals surface area contributed by atoms with Crippen LogP contribution in [0.2, 0.25) is 0 Å². The van der Waals surface area contributed by atoms with Crippen LogP contribution in [0.4, 0.5) is 0 Å². The van der Waals surface area contributed by atoms with E-state index >= 15 is 0 Å². The fraction of sp³-hybridized carbons (Fsp3) is 0.440. The molecule has 0 amide bonds. The van der Waals surface area contributed by atoms with E-state index in [-0.39, 0.29) is 0 Å². The summed E-state index contributed by atoms with van der Waals surface area (Å²) in [6.45, 7) is 11.7. The van der Waals surface area contributed by atoms with Gasteiger partial charge in [0.25, 0.3) is 0 Å². The highest BCUT2D eigenvalue weighted by Gasteiger charge is 2.36. The molecule has 1 heterocycles. The normalized spacial score (nSPS) is 13.4. The summed E-state index contributed by atoms with van der Waals surface area (Å²) in [6.07, 6.45) is 4.23. The van der Waals surface area contributed by atoms with E-state index in [1.807, 2.05) is 25.1 Å². The summed E-state index contributed by atoms with van der Waals surface area (Å²) in [4.78, 5) is 0. The van der Waals surface area contributed by atoms with Gasteiger partial charge in [-0.25, -0.2) is 9.09 Å². The quantitative estimate of drug-likeness (QED) is 0.211. The van der Waals surface area contributed by atoms with Gasteiger partial charge >= 0.3 is 7.82 Å². The first-order chi connectivity index (χ1) is 15.1. The molecule has 0 bridgehead atoms. The zero-order valence-electron chi connectivity index (χ0n) is 19.8. The SMILES string of the molecule is C=C1Oc2cc(CCCCC)cc(OC(C)(C)OP(=O)(OC)OC)c2-c2cc(C)ccc21. The van der Waals surface area contributed by atoms with Crippen molar-refractivity contribution in [2.45, 2.75) is 59.2 Å². The van der Waals surface area contributed by atoms with Gasteiger partial charge in [-0.3, -0.25) is 9.05 Å². The number of phosphoric ester groups is 1. The number of aryl methyl sites for hydroxylation is 2. The van der Waals surface area contributed by atoms with Crippen molar-refractivity contribution in [2.24, 2.45) is 0 Å². The number of phosphoric acid groups is 1. The van der Waals surface area contributed by atoms with Gasteiger partial charge in [0.2, 0.25) is 5.79 Å². The molecule has 2 aromatic carbocycles. The maximum absolute atomic E-state index is 12.6. The Kier molecular flexibility index (Phi) is 7.51. The summed E-state index contributed by atoms with van der Waals surface area (Å²) >= 11 is 0. The summed E-state index contributed by atoms with van der Waals surface area (Å²) in [5.74, 6) is 0.574. The molecule has 0 unspecified atom stereocenters. The predicted octanol–water partition coefficient (Wildman–Crippen LogP) is 7.29. The Morgan fingerprint density at radius 3 is 2.44 bits per heavy atom. The van der Waals surface area contributed by atoms with Crippen LogP contribution >= 0.6 is 7.82 Å². The van der Waals surface area contributed by atoms with Crippen molar-refractivity contribution in [3.63, 3.8) is 0 Å². The number of fused-ring (bicyclic) bond motifs is 3. The number of ether oxygens (including phenoxy) is 2. The van der Waals surface area contributed by atoms with Gasteiger partial charge in [-0.15, -0.1) is 0 Å². The minimum atomic E-state index is -3.76. The third kappa shape index (κ3) is 5.44. The van der Waals surface area contributed by atoms with Gasteiger partial charge in [0.05, 0.1) is 5.56 Å². The summed E-state index contributed by atoms with van der Waals surface area (Å²) < 4.78 is 40.5. The lowest BCUT2D eigenvalue weighted by Crippen LogP contribution is -2.31. The van der Waals surface area contributed by atoms with Crippen LogP contribution < -0.4 is 9.47 Å². The van der Waals surface area contributed by atoms with E-state index < -0.39 is 13.6 Å². The Morgan fingerprint density at radius 2 is 1.78 bits per heavy atom. The van der Waals surface area contributed by atoms with Gasteiger partial charge in [0.15, 0.2) is 0 Å². The minimum absolute atomic E-state index is 0.581. The smallest absolute Gasteiger partial charge is 0.462 e. The average molecular weight is 461 g/mol. The fourth-order valence-electron chi connectivity index (χ4n) is 3.79. The van der Waals surface area contributed by atoms with Crippen LogP contribution in [0.5, 0.6) is 11.5 Å². The first-order valence-electron chi connectivity index (χ1n) is 10.9. The Balaban J connectivity index is 2.09. The molecule has 0 saturated heterocycles. The predicted molar refractivity (Wildman–Crippen MR) is 127 cm³/mol. The molecular weight excluding hydrogens is 427 g/mol. The molecule has 0 saturated carbocycles. The van der Waals surface area contributed by atoms with E-state index in [1.165, 1.54) is 14.2 Å². The Morgan fingerprint density at radius 1 is 1.06 bits per heavy atom. The lowest BCUT2D eigenvalue weighted by atomic mass is 9.91. The van der Waals surface area contributed by atoms with E-state index in [4.69, 9.17) is 23.0 Å². The number of benzene rings is 2. The third-order valence-corrected chi connectivity index (χ3v) is 6.87. The zero-order chi connectivity index (χ0) is 23.5. The highest BCUT2D eigenvalue weighted by molar-refractivity contribution is 7.48. The molecule has 2 aromatic rings. The molecule has 0 atom stereocenters. The largest absolute Gasteiger partial charge is 0.477 e. The highest BCUT2D eigenvalue weighted by Crippen LogP contribution is 2.53. The van der Waals surface area contributed by atoms with E-state index in [0.717, 1.165) is 53.5 Å². The van der Waals surface area contributed by atoms with Crippen molar-refractivity contribution in [1.29, 1.82) is 0 Å². The lowest BCUT2D eigenvalue weighted by molar-refractivity contribution is -0.0998. The monoisotopic (exact) mass is 460 g/mol. The molecule has 0 aromatic heterocycles. The molecule has 174 valence electrons. The van der Waals surface area contributed by atoms with Crippen LogP contribution in [0.3, 0.4) is 0 Å². The topological polar surface area (TPSA) is 63.2 Å². The lowest BCUT2D eigenvalue weighted by Gasteiger charge is -2.32. The summed E-state index contributed by atoms with van der Waals surface area (Å²) in [7, 11) is -1.21. The number of rotatable bonds is 10. The molecule has 32 heavy (non-hydrogen) atoms. The van der Waals surface area contributed by atoms with E-state index in [2.05, 4.69) is 25.6 Å². The summed E-state index contributed by atoms with van der Waals surface area (Å²) in [6, 6.07) is 10.2. The van der Waals surface area contributed by atoms with Crippen molar-refractivity contribution in [2.75, 3.05) is 14.2 Å². The molecule has 0 aliphatic carbocycles. The Hall–Kier alpha value is -2.11. The third-order valence-electron chi connectivity index (χ3n) is 5.31. The van der Waals surface area contributed by atoms with Crippen LogP contribution in [-0.2, 0) is 24.6 Å². The van der Waals surface area contributed by atoms with Crippen LogP contribution in [0.1, 0.15) is 56.7 Å². The molecule has 1 aliphatic heterocycles. The second-order valence-corrected chi connectivity index (χ2v) is 10.2. The van der Waals surface area contributed by atoms with Crippen LogP contribution in [-0.4, -0.2) is 20.0 Å². The fourth-order valence-corrected chi connectivity index (χ4v) is 4.67. The van der Waals surface area contributed by atoms with Gasteiger partial charge < -0.3 is 9.47 Å². The summed E-state index contributed by atoms with van der Waals surface area (Å²) in [5.41, 5.74) is 4.90. The minimum Gasteiger partial charge on any atom is -0.462 e. The van der Waals surface area contributed by atoms with Gasteiger partial charge in [-0.1, -0.05) is 50.1 Å². The zero-order valence-corrected chi connectivity index (χ0v) is 20.7. The standard InChI is InChI=1S/C25H33O6P/c1-8-9-10-11-19-15-22-24(21-14-17(2)12-13-20(21)18(3)29-22)23(16-19)30-25(4,5)31-32(26,27-6)28-7/h12-16H,3,8-11H2,1-2,4-7H3.